The second-order valence-electron chi connectivity index (χ2n) is 7.77. The summed E-state index contributed by atoms with van der Waals surface area (Å²) in [5, 5.41) is 0. The van der Waals surface area contributed by atoms with E-state index in [2.05, 4.69) is 54.2 Å². The first-order chi connectivity index (χ1) is 13.0. The van der Waals surface area contributed by atoms with Gasteiger partial charge in [0.25, 0.3) is 0 Å². The van der Waals surface area contributed by atoms with Crippen LogP contribution in [0.4, 0.5) is 5.69 Å². The van der Waals surface area contributed by atoms with Crippen molar-refractivity contribution in [2.45, 2.75) is 24.9 Å². The van der Waals surface area contributed by atoms with Gasteiger partial charge in [-0.15, -0.1) is 0 Å². The van der Waals surface area contributed by atoms with Crippen LogP contribution in [0.5, 0.6) is 0 Å². The van der Waals surface area contributed by atoms with Gasteiger partial charge in [-0.1, -0.05) is 30.3 Å². The van der Waals surface area contributed by atoms with Crippen LogP contribution in [-0.2, 0) is 4.74 Å². The number of rotatable bonds is 4. The minimum absolute atomic E-state index is 0.215. The van der Waals surface area contributed by atoms with Gasteiger partial charge in [0.1, 0.15) is 5.60 Å². The van der Waals surface area contributed by atoms with E-state index in [1.807, 2.05) is 30.3 Å². The van der Waals surface area contributed by atoms with E-state index in [9.17, 15) is 4.79 Å². The van der Waals surface area contributed by atoms with Gasteiger partial charge in [0, 0.05) is 38.4 Å². The molecule has 0 aliphatic carbocycles. The second kappa shape index (κ2) is 7.10. The van der Waals surface area contributed by atoms with E-state index >= 15 is 0 Å². The number of carbonyl (C=O) groups is 1. The minimum Gasteiger partial charge on any atom is -0.453 e. The molecule has 0 radical (unpaired) electrons. The molecule has 4 nitrogen and oxygen atoms in total. The first-order valence-electron chi connectivity index (χ1n) is 9.56. The lowest BCUT2D eigenvalue weighted by atomic mass is 9.94. The molecule has 2 aliphatic heterocycles. The molecule has 0 N–H and O–H groups in total. The number of piperidine rings is 1. The van der Waals surface area contributed by atoms with E-state index < -0.39 is 5.60 Å². The maximum atomic E-state index is 12.6. The molecule has 0 saturated carbocycles. The van der Waals surface area contributed by atoms with Gasteiger partial charge in [0.05, 0.1) is 12.1 Å². The molecule has 0 amide bonds. The number of hydrogen-bond donors (Lipinski definition) is 0. The van der Waals surface area contributed by atoms with Crippen LogP contribution >= 0.6 is 0 Å². The Morgan fingerprint density at radius 2 is 1.96 bits per heavy atom. The standard InChI is InChI=1S/C23H26N2O2/c1-24(2)20-11-6-8-18(14-20)15-21-16-23(12-7-13-25(21)17-23)27-22(26)19-9-4-3-5-10-19/h3-6,8-11,14-15H,7,12-13,16-17H2,1-2H3/b21-15+. The first kappa shape index (κ1) is 17.7. The monoisotopic (exact) mass is 362 g/mol. The van der Waals surface area contributed by atoms with E-state index in [0.717, 1.165) is 32.4 Å². The summed E-state index contributed by atoms with van der Waals surface area (Å²) in [7, 11) is 4.10. The summed E-state index contributed by atoms with van der Waals surface area (Å²) in [5.74, 6) is -0.215. The molecule has 2 aromatic rings. The van der Waals surface area contributed by atoms with Crippen molar-refractivity contribution in [2.75, 3.05) is 32.1 Å². The molecule has 0 spiro atoms. The normalized spacial score (nSPS) is 22.7. The molecule has 1 unspecified atom stereocenters. The Bertz CT molecular complexity index is 860. The zero-order valence-corrected chi connectivity index (χ0v) is 16.0. The highest BCUT2D eigenvalue weighted by Gasteiger charge is 2.46. The Morgan fingerprint density at radius 3 is 2.74 bits per heavy atom. The Kier molecular flexibility index (Phi) is 4.65. The highest BCUT2D eigenvalue weighted by Crippen LogP contribution is 2.42. The third-order valence-electron chi connectivity index (χ3n) is 5.49. The SMILES string of the molecule is CN(C)c1cccc(/C=C2\CC3(OC(=O)c4ccccc4)CCCN2C3)c1. The molecule has 2 aromatic carbocycles. The average Bonchev–Trinajstić information content (AvgIpc) is 2.91. The maximum Gasteiger partial charge on any atom is 0.338 e. The minimum atomic E-state index is -0.393. The van der Waals surface area contributed by atoms with Crippen LogP contribution in [0.2, 0.25) is 0 Å². The predicted molar refractivity (Wildman–Crippen MR) is 109 cm³/mol. The van der Waals surface area contributed by atoms with Gasteiger partial charge < -0.3 is 14.5 Å². The number of nitrogens with zero attached hydrogens (tertiary/aromatic N) is 2. The van der Waals surface area contributed by atoms with Crippen LogP contribution in [0.15, 0.2) is 60.3 Å². The molecule has 4 rings (SSSR count). The van der Waals surface area contributed by atoms with Gasteiger partial charge in [0.2, 0.25) is 0 Å². The van der Waals surface area contributed by atoms with Crippen molar-refractivity contribution in [2.24, 2.45) is 0 Å². The largest absolute Gasteiger partial charge is 0.453 e. The van der Waals surface area contributed by atoms with E-state index in [4.69, 9.17) is 4.74 Å². The van der Waals surface area contributed by atoms with Gasteiger partial charge in [0.15, 0.2) is 0 Å². The number of anilines is 1. The third-order valence-corrected chi connectivity index (χ3v) is 5.49. The summed E-state index contributed by atoms with van der Waals surface area (Å²) in [4.78, 5) is 17.1. The van der Waals surface area contributed by atoms with E-state index in [1.54, 1.807) is 0 Å². The molecular formula is C23H26N2O2. The number of fused-ring (bicyclic) bond motifs is 2. The predicted octanol–water partition coefficient (Wildman–Crippen LogP) is 4.19. The highest BCUT2D eigenvalue weighted by molar-refractivity contribution is 5.89. The molecule has 0 aromatic heterocycles. The van der Waals surface area contributed by atoms with Gasteiger partial charge >= 0.3 is 5.97 Å². The first-order valence-corrected chi connectivity index (χ1v) is 9.56. The van der Waals surface area contributed by atoms with Crippen molar-refractivity contribution in [3.05, 3.63) is 71.4 Å². The summed E-state index contributed by atoms with van der Waals surface area (Å²) in [5.41, 5.74) is 3.87. The summed E-state index contributed by atoms with van der Waals surface area (Å²) >= 11 is 0. The van der Waals surface area contributed by atoms with Gasteiger partial charge in [-0.05, 0) is 48.7 Å². The van der Waals surface area contributed by atoms with Crippen molar-refractivity contribution in [1.82, 2.24) is 4.90 Å². The van der Waals surface area contributed by atoms with E-state index in [-0.39, 0.29) is 5.97 Å². The molecule has 2 bridgehead atoms. The van der Waals surface area contributed by atoms with Crippen LogP contribution in [0.25, 0.3) is 6.08 Å². The smallest absolute Gasteiger partial charge is 0.338 e. The summed E-state index contributed by atoms with van der Waals surface area (Å²) in [6, 6.07) is 17.8. The number of benzene rings is 2. The molecular weight excluding hydrogens is 336 g/mol. The topological polar surface area (TPSA) is 32.8 Å². The maximum absolute atomic E-state index is 12.6. The fourth-order valence-corrected chi connectivity index (χ4v) is 4.11. The summed E-state index contributed by atoms with van der Waals surface area (Å²) in [6.07, 6.45) is 5.02. The van der Waals surface area contributed by atoms with Crippen LogP contribution in [0.1, 0.15) is 35.2 Å². The van der Waals surface area contributed by atoms with Gasteiger partial charge in [-0.25, -0.2) is 4.79 Å². The molecule has 2 heterocycles. The Balaban J connectivity index is 1.56. The number of esters is 1. The zero-order chi connectivity index (χ0) is 18.9. The Hall–Kier alpha value is -2.75. The average molecular weight is 362 g/mol. The third kappa shape index (κ3) is 3.70. The van der Waals surface area contributed by atoms with Gasteiger partial charge in [-0.2, -0.15) is 0 Å². The van der Waals surface area contributed by atoms with Crippen molar-refractivity contribution >= 4 is 17.7 Å². The molecule has 4 heteroatoms. The van der Waals surface area contributed by atoms with E-state index in [0.29, 0.717) is 5.56 Å². The van der Waals surface area contributed by atoms with Crippen LogP contribution in [0, 0.1) is 0 Å². The van der Waals surface area contributed by atoms with Crippen LogP contribution < -0.4 is 4.90 Å². The van der Waals surface area contributed by atoms with Crippen molar-refractivity contribution in [3.8, 4) is 0 Å². The highest BCUT2D eigenvalue weighted by atomic mass is 16.6. The summed E-state index contributed by atoms with van der Waals surface area (Å²) < 4.78 is 6.06. The number of ether oxygens (including phenoxy) is 1. The molecule has 140 valence electrons. The molecule has 2 saturated heterocycles. The lowest BCUT2D eigenvalue weighted by molar-refractivity contribution is -0.0270. The molecule has 27 heavy (non-hydrogen) atoms. The lowest BCUT2D eigenvalue weighted by Crippen LogP contribution is -2.42. The van der Waals surface area contributed by atoms with E-state index in [1.165, 1.54) is 16.9 Å². The van der Waals surface area contributed by atoms with Crippen molar-refractivity contribution < 1.29 is 9.53 Å². The van der Waals surface area contributed by atoms with Crippen LogP contribution in [-0.4, -0.2) is 43.7 Å². The van der Waals surface area contributed by atoms with Crippen molar-refractivity contribution in [1.29, 1.82) is 0 Å². The number of carbonyl (C=O) groups excluding carboxylic acids is 1. The fourth-order valence-electron chi connectivity index (χ4n) is 4.11. The second-order valence-corrected chi connectivity index (χ2v) is 7.77. The quantitative estimate of drug-likeness (QED) is 0.764. The summed E-state index contributed by atoms with van der Waals surface area (Å²) in [6.45, 7) is 1.83. The zero-order valence-electron chi connectivity index (χ0n) is 16.0. The molecule has 2 aliphatic rings. The lowest BCUT2D eigenvalue weighted by Gasteiger charge is -2.33. The fraction of sp³-hybridized carbons (Fsp3) is 0.348. The molecule has 1 atom stereocenters. The number of hydrogen-bond acceptors (Lipinski definition) is 4. The van der Waals surface area contributed by atoms with Gasteiger partial charge in [-0.3, -0.25) is 0 Å². The Morgan fingerprint density at radius 1 is 1.15 bits per heavy atom. The van der Waals surface area contributed by atoms with Crippen molar-refractivity contribution in [3.63, 3.8) is 0 Å². The molecule has 2 fully saturated rings. The van der Waals surface area contributed by atoms with Crippen LogP contribution in [0.3, 0.4) is 0 Å². The Labute approximate surface area is 161 Å².